The SMILES string of the molecule is Cc1ccc(C)c([C@@H](c2ccc(OC(F)(F)F)cc2)N2CCNCC2)c1. The van der Waals surface area contributed by atoms with Crippen molar-refractivity contribution in [2.24, 2.45) is 0 Å². The van der Waals surface area contributed by atoms with E-state index in [2.05, 4.69) is 47.0 Å². The first-order valence-electron chi connectivity index (χ1n) is 8.71. The van der Waals surface area contributed by atoms with Crippen LogP contribution in [0, 0.1) is 13.8 Å². The van der Waals surface area contributed by atoms with Gasteiger partial charge < -0.3 is 10.1 Å². The molecule has 3 nitrogen and oxygen atoms in total. The maximum Gasteiger partial charge on any atom is 0.573 e. The number of nitrogens with zero attached hydrogens (tertiary/aromatic N) is 1. The van der Waals surface area contributed by atoms with Crippen molar-refractivity contribution in [1.82, 2.24) is 10.2 Å². The molecule has 0 unspecified atom stereocenters. The Morgan fingerprint density at radius 3 is 2.27 bits per heavy atom. The molecule has 1 N–H and O–H groups in total. The van der Waals surface area contributed by atoms with Crippen LogP contribution < -0.4 is 10.1 Å². The highest BCUT2D eigenvalue weighted by atomic mass is 19.4. The van der Waals surface area contributed by atoms with Gasteiger partial charge in [0.25, 0.3) is 0 Å². The summed E-state index contributed by atoms with van der Waals surface area (Å²) in [7, 11) is 0. The van der Waals surface area contributed by atoms with E-state index in [1.165, 1.54) is 28.8 Å². The van der Waals surface area contributed by atoms with Gasteiger partial charge in [0, 0.05) is 26.2 Å². The number of alkyl halides is 3. The van der Waals surface area contributed by atoms with E-state index in [-0.39, 0.29) is 11.8 Å². The molecule has 0 bridgehead atoms. The van der Waals surface area contributed by atoms with E-state index in [9.17, 15) is 13.2 Å². The van der Waals surface area contributed by atoms with E-state index < -0.39 is 6.36 Å². The summed E-state index contributed by atoms with van der Waals surface area (Å²) in [6.07, 6.45) is -4.67. The molecule has 0 aromatic heterocycles. The van der Waals surface area contributed by atoms with Crippen LogP contribution in [0.3, 0.4) is 0 Å². The van der Waals surface area contributed by atoms with Gasteiger partial charge in [0.2, 0.25) is 0 Å². The van der Waals surface area contributed by atoms with Crippen LogP contribution in [0.1, 0.15) is 28.3 Å². The lowest BCUT2D eigenvalue weighted by Crippen LogP contribution is -2.45. The number of aryl methyl sites for hydroxylation is 2. The Balaban J connectivity index is 1.96. The third-order valence-electron chi connectivity index (χ3n) is 4.68. The fourth-order valence-corrected chi connectivity index (χ4v) is 3.43. The average Bonchev–Trinajstić information content (AvgIpc) is 2.59. The number of rotatable bonds is 4. The summed E-state index contributed by atoms with van der Waals surface area (Å²) in [4.78, 5) is 2.37. The number of nitrogens with one attached hydrogen (secondary N) is 1. The number of benzene rings is 2. The number of ether oxygens (including phenoxy) is 1. The summed E-state index contributed by atoms with van der Waals surface area (Å²) in [6.45, 7) is 7.70. The summed E-state index contributed by atoms with van der Waals surface area (Å²) in [5.41, 5.74) is 4.50. The van der Waals surface area contributed by atoms with Crippen molar-refractivity contribution in [1.29, 1.82) is 0 Å². The molecule has 26 heavy (non-hydrogen) atoms. The lowest BCUT2D eigenvalue weighted by Gasteiger charge is -2.36. The maximum absolute atomic E-state index is 12.4. The van der Waals surface area contributed by atoms with Gasteiger partial charge in [-0.1, -0.05) is 35.9 Å². The van der Waals surface area contributed by atoms with Gasteiger partial charge in [0.15, 0.2) is 0 Å². The van der Waals surface area contributed by atoms with Gasteiger partial charge >= 0.3 is 6.36 Å². The molecule has 6 heteroatoms. The van der Waals surface area contributed by atoms with Gasteiger partial charge in [0.1, 0.15) is 5.75 Å². The molecule has 0 spiro atoms. The van der Waals surface area contributed by atoms with E-state index in [0.717, 1.165) is 31.7 Å². The number of halogens is 3. The van der Waals surface area contributed by atoms with Crippen LogP contribution in [0.5, 0.6) is 5.75 Å². The molecule has 2 aromatic rings. The molecule has 140 valence electrons. The van der Waals surface area contributed by atoms with E-state index in [1.807, 2.05) is 0 Å². The van der Waals surface area contributed by atoms with Gasteiger partial charge in [-0.25, -0.2) is 0 Å². The smallest absolute Gasteiger partial charge is 0.406 e. The number of hydrogen-bond acceptors (Lipinski definition) is 3. The van der Waals surface area contributed by atoms with E-state index >= 15 is 0 Å². The Labute approximate surface area is 151 Å². The van der Waals surface area contributed by atoms with E-state index in [1.54, 1.807) is 12.1 Å². The zero-order valence-electron chi connectivity index (χ0n) is 14.9. The van der Waals surface area contributed by atoms with Crippen LogP contribution in [-0.4, -0.2) is 37.4 Å². The van der Waals surface area contributed by atoms with Crippen molar-refractivity contribution in [2.75, 3.05) is 26.2 Å². The lowest BCUT2D eigenvalue weighted by atomic mass is 9.92. The van der Waals surface area contributed by atoms with Crippen molar-refractivity contribution in [3.63, 3.8) is 0 Å². The van der Waals surface area contributed by atoms with E-state index in [0.29, 0.717) is 0 Å². The minimum Gasteiger partial charge on any atom is -0.406 e. The summed E-state index contributed by atoms with van der Waals surface area (Å²) < 4.78 is 41.3. The van der Waals surface area contributed by atoms with Crippen LogP contribution in [0.25, 0.3) is 0 Å². The minimum absolute atomic E-state index is 0.0111. The van der Waals surface area contributed by atoms with Crippen molar-refractivity contribution in [2.45, 2.75) is 26.3 Å². The standard InChI is InChI=1S/C20H23F3N2O/c1-14-3-4-15(2)18(13-14)19(25-11-9-24-10-12-25)16-5-7-17(8-6-16)26-20(21,22)23/h3-8,13,19,24H,9-12H2,1-2H3/t19-/m1/s1. The highest BCUT2D eigenvalue weighted by Gasteiger charge is 2.31. The largest absolute Gasteiger partial charge is 0.573 e. The predicted molar refractivity (Wildman–Crippen MR) is 95.3 cm³/mol. The topological polar surface area (TPSA) is 24.5 Å². The van der Waals surface area contributed by atoms with Crippen LogP contribution >= 0.6 is 0 Å². The minimum atomic E-state index is -4.67. The molecule has 0 saturated carbocycles. The van der Waals surface area contributed by atoms with Crippen molar-refractivity contribution >= 4 is 0 Å². The van der Waals surface area contributed by atoms with Crippen LogP contribution in [0.15, 0.2) is 42.5 Å². The highest BCUT2D eigenvalue weighted by Crippen LogP contribution is 2.33. The van der Waals surface area contributed by atoms with Crippen LogP contribution in [0.4, 0.5) is 13.2 Å². The van der Waals surface area contributed by atoms with Crippen molar-refractivity contribution < 1.29 is 17.9 Å². The quantitative estimate of drug-likeness (QED) is 0.880. The molecule has 1 aliphatic rings. The summed E-state index contributed by atoms with van der Waals surface area (Å²) in [6, 6.07) is 12.6. The second-order valence-electron chi connectivity index (χ2n) is 6.67. The molecule has 1 atom stereocenters. The predicted octanol–water partition coefficient (Wildman–Crippen LogP) is 4.20. The van der Waals surface area contributed by atoms with Gasteiger partial charge in [-0.3, -0.25) is 4.90 Å². The number of hydrogen-bond donors (Lipinski definition) is 1. The molecule has 1 fully saturated rings. The normalized spacial score (nSPS) is 17.1. The molecule has 1 aliphatic heterocycles. The second-order valence-corrected chi connectivity index (χ2v) is 6.67. The molecule has 1 heterocycles. The second kappa shape index (κ2) is 7.68. The van der Waals surface area contributed by atoms with Crippen LogP contribution in [-0.2, 0) is 0 Å². The Hall–Kier alpha value is -2.05. The monoisotopic (exact) mass is 364 g/mol. The zero-order chi connectivity index (χ0) is 18.7. The van der Waals surface area contributed by atoms with Crippen LogP contribution in [0.2, 0.25) is 0 Å². The molecule has 1 saturated heterocycles. The summed E-state index contributed by atoms with van der Waals surface area (Å²) in [5, 5.41) is 3.35. The first-order valence-corrected chi connectivity index (χ1v) is 8.71. The average molecular weight is 364 g/mol. The van der Waals surface area contributed by atoms with Gasteiger partial charge in [0.05, 0.1) is 6.04 Å². The summed E-state index contributed by atoms with van der Waals surface area (Å²) >= 11 is 0. The van der Waals surface area contributed by atoms with Crippen molar-refractivity contribution in [3.8, 4) is 5.75 Å². The fourth-order valence-electron chi connectivity index (χ4n) is 3.43. The first kappa shape index (κ1) is 18.7. The molecule has 3 rings (SSSR count). The molecule has 0 aliphatic carbocycles. The third-order valence-corrected chi connectivity index (χ3v) is 4.68. The van der Waals surface area contributed by atoms with Gasteiger partial charge in [-0.05, 0) is 42.7 Å². The Kier molecular flexibility index (Phi) is 5.53. The molecule has 2 aromatic carbocycles. The molecular weight excluding hydrogens is 341 g/mol. The highest BCUT2D eigenvalue weighted by molar-refractivity contribution is 5.41. The molecule has 0 amide bonds. The zero-order valence-corrected chi connectivity index (χ0v) is 14.9. The number of piperazine rings is 1. The van der Waals surface area contributed by atoms with Gasteiger partial charge in [-0.15, -0.1) is 13.2 Å². The molecule has 0 radical (unpaired) electrons. The maximum atomic E-state index is 12.4. The van der Waals surface area contributed by atoms with Gasteiger partial charge in [-0.2, -0.15) is 0 Å². The fraction of sp³-hybridized carbons (Fsp3) is 0.400. The summed E-state index contributed by atoms with van der Waals surface area (Å²) in [5.74, 6) is -0.193. The van der Waals surface area contributed by atoms with Crippen molar-refractivity contribution in [3.05, 3.63) is 64.7 Å². The Bertz CT molecular complexity index is 738. The first-order chi connectivity index (χ1) is 12.3. The third kappa shape index (κ3) is 4.56. The lowest BCUT2D eigenvalue weighted by molar-refractivity contribution is -0.274. The Morgan fingerprint density at radius 1 is 1.00 bits per heavy atom. The Morgan fingerprint density at radius 2 is 1.65 bits per heavy atom. The molecular formula is C20H23F3N2O. The van der Waals surface area contributed by atoms with E-state index in [4.69, 9.17) is 0 Å².